The van der Waals surface area contributed by atoms with Crippen LogP contribution >= 0.6 is 11.6 Å². The van der Waals surface area contributed by atoms with Crippen LogP contribution in [0.4, 0.5) is 5.82 Å². The summed E-state index contributed by atoms with van der Waals surface area (Å²) in [6.45, 7) is 6.98. The second kappa shape index (κ2) is 7.40. The molecule has 1 saturated carbocycles. The van der Waals surface area contributed by atoms with E-state index in [1.807, 2.05) is 33.8 Å². The molecule has 153 valence electrons. The monoisotopic (exact) mass is 421 g/mol. The fourth-order valence-electron chi connectivity index (χ4n) is 4.36. The number of amides is 1. The minimum absolute atomic E-state index is 0.0274. The van der Waals surface area contributed by atoms with Crippen molar-refractivity contribution in [1.82, 2.24) is 24.6 Å². The Balaban J connectivity index is 1.51. The van der Waals surface area contributed by atoms with Crippen molar-refractivity contribution < 1.29 is 4.79 Å². The lowest BCUT2D eigenvalue weighted by Gasteiger charge is -2.33. The summed E-state index contributed by atoms with van der Waals surface area (Å²) in [7, 11) is 0. The predicted molar refractivity (Wildman–Crippen MR) is 115 cm³/mol. The first-order valence-electron chi connectivity index (χ1n) is 10.1. The van der Waals surface area contributed by atoms with E-state index in [9.17, 15) is 4.79 Å². The third kappa shape index (κ3) is 3.23. The minimum Gasteiger partial charge on any atom is -0.383 e. The van der Waals surface area contributed by atoms with Gasteiger partial charge >= 0.3 is 0 Å². The second-order valence-electron chi connectivity index (χ2n) is 8.04. The Morgan fingerprint density at radius 1 is 1.27 bits per heavy atom. The predicted octanol–water partition coefficient (Wildman–Crippen LogP) is 3.52. The molecule has 1 aliphatic carbocycles. The van der Waals surface area contributed by atoms with Gasteiger partial charge in [-0.15, -0.1) is 0 Å². The molecule has 3 unspecified atom stereocenters. The summed E-state index contributed by atoms with van der Waals surface area (Å²) in [5.41, 5.74) is 8.52. The highest BCUT2D eigenvalue weighted by Gasteiger charge is 2.44. The van der Waals surface area contributed by atoms with E-state index in [-0.39, 0.29) is 23.8 Å². The summed E-state index contributed by atoms with van der Waals surface area (Å²) >= 11 is 6.05. The number of hydrogen-bond donors (Lipinski definition) is 1. The van der Waals surface area contributed by atoms with E-state index in [0.717, 1.165) is 42.5 Å². The number of piperidine rings is 1. The van der Waals surface area contributed by atoms with E-state index in [2.05, 4.69) is 9.97 Å². The van der Waals surface area contributed by atoms with Crippen LogP contribution < -0.4 is 5.73 Å². The topological polar surface area (TPSA) is 89.9 Å². The largest absolute Gasteiger partial charge is 0.383 e. The molecule has 0 spiro atoms. The van der Waals surface area contributed by atoms with E-state index in [4.69, 9.17) is 29.0 Å². The Bertz CT molecular complexity index is 1120. The molecule has 1 aliphatic heterocycles. The van der Waals surface area contributed by atoms with Gasteiger partial charge in [0.15, 0.2) is 5.65 Å². The SMILES string of the molecule is [CH]=CC1CC1C(=O)N1CCCC(n2nc(-c3ccc(Cl)cc3)c3c(N)ncnc32)C1. The van der Waals surface area contributed by atoms with Crippen LogP contribution in [0.25, 0.3) is 22.3 Å². The number of carbonyl (C=O) groups excluding carboxylic acids is 1. The quantitative estimate of drug-likeness (QED) is 0.696. The molecule has 0 bridgehead atoms. The third-order valence-electron chi connectivity index (χ3n) is 6.09. The lowest BCUT2D eigenvalue weighted by atomic mass is 10.0. The normalized spacial score (nSPS) is 23.5. The van der Waals surface area contributed by atoms with Crippen molar-refractivity contribution in [3.8, 4) is 11.3 Å². The van der Waals surface area contributed by atoms with E-state index in [0.29, 0.717) is 23.0 Å². The maximum Gasteiger partial charge on any atom is 0.226 e. The van der Waals surface area contributed by atoms with Crippen LogP contribution in [0.2, 0.25) is 5.02 Å². The van der Waals surface area contributed by atoms with Crippen LogP contribution in [0.5, 0.6) is 0 Å². The average Bonchev–Trinajstić information content (AvgIpc) is 3.46. The number of likely N-dealkylation sites (tertiary alicyclic amines) is 1. The number of halogens is 1. The Hall–Kier alpha value is -2.93. The van der Waals surface area contributed by atoms with Crippen LogP contribution in [-0.4, -0.2) is 43.6 Å². The Morgan fingerprint density at radius 3 is 2.80 bits per heavy atom. The lowest BCUT2D eigenvalue weighted by Crippen LogP contribution is -2.42. The van der Waals surface area contributed by atoms with Crippen molar-refractivity contribution >= 4 is 34.4 Å². The molecule has 3 aromatic rings. The molecule has 3 heterocycles. The maximum atomic E-state index is 12.8. The maximum absolute atomic E-state index is 12.8. The summed E-state index contributed by atoms with van der Waals surface area (Å²) < 4.78 is 1.91. The van der Waals surface area contributed by atoms with Gasteiger partial charge in [0.05, 0.1) is 11.4 Å². The Labute approximate surface area is 179 Å². The number of rotatable bonds is 4. The first-order chi connectivity index (χ1) is 14.6. The zero-order valence-electron chi connectivity index (χ0n) is 16.4. The zero-order chi connectivity index (χ0) is 20.8. The molecule has 30 heavy (non-hydrogen) atoms. The molecular formula is C22H22ClN6O. The van der Waals surface area contributed by atoms with Crippen LogP contribution in [0.1, 0.15) is 25.3 Å². The first kappa shape index (κ1) is 19.1. The molecule has 3 atom stereocenters. The van der Waals surface area contributed by atoms with E-state index in [1.165, 1.54) is 6.33 Å². The van der Waals surface area contributed by atoms with Crippen molar-refractivity contribution in [2.24, 2.45) is 11.8 Å². The number of allylic oxidation sites excluding steroid dienone is 1. The van der Waals surface area contributed by atoms with Gasteiger partial charge in [-0.3, -0.25) is 4.79 Å². The molecule has 5 rings (SSSR count). The highest BCUT2D eigenvalue weighted by molar-refractivity contribution is 6.30. The third-order valence-corrected chi connectivity index (χ3v) is 6.35. The van der Waals surface area contributed by atoms with Gasteiger partial charge in [0, 0.05) is 29.6 Å². The molecule has 7 nitrogen and oxygen atoms in total. The minimum atomic E-state index is 0.0274. The lowest BCUT2D eigenvalue weighted by molar-refractivity contribution is -0.134. The van der Waals surface area contributed by atoms with Gasteiger partial charge in [-0.05, 0) is 37.3 Å². The van der Waals surface area contributed by atoms with Crippen LogP contribution in [0, 0.1) is 18.4 Å². The van der Waals surface area contributed by atoms with E-state index in [1.54, 1.807) is 6.08 Å². The number of aromatic nitrogens is 4. The molecule has 1 saturated heterocycles. The van der Waals surface area contributed by atoms with Gasteiger partial charge in [-0.25, -0.2) is 14.6 Å². The highest BCUT2D eigenvalue weighted by atomic mass is 35.5. The summed E-state index contributed by atoms with van der Waals surface area (Å²) in [5.74, 6) is 0.826. The number of anilines is 1. The molecule has 2 fully saturated rings. The fraction of sp³-hybridized carbons (Fsp3) is 0.364. The number of carbonyl (C=O) groups is 1. The molecule has 2 aromatic heterocycles. The van der Waals surface area contributed by atoms with Gasteiger partial charge in [0.25, 0.3) is 0 Å². The number of nitrogens with two attached hydrogens (primary N) is 1. The van der Waals surface area contributed by atoms with E-state index >= 15 is 0 Å². The van der Waals surface area contributed by atoms with Gasteiger partial charge in [0.1, 0.15) is 17.8 Å². The van der Waals surface area contributed by atoms with Crippen molar-refractivity contribution in [3.63, 3.8) is 0 Å². The first-order valence-corrected chi connectivity index (χ1v) is 10.5. The Kier molecular flexibility index (Phi) is 4.70. The standard InChI is InChI=1S/C22H22ClN6O/c1-2-13-10-17(13)22(30)28-9-3-4-16(11-28)29-21-18(20(24)25-12-26-21)19(27-29)14-5-7-15(23)8-6-14/h1-2,5-8,12-13,16-17H,3-4,9-11H2,(H2,24,25,26). The molecule has 8 heteroatoms. The van der Waals surface area contributed by atoms with Gasteiger partial charge in [-0.1, -0.05) is 36.4 Å². The zero-order valence-corrected chi connectivity index (χ0v) is 17.2. The average molecular weight is 422 g/mol. The molecular weight excluding hydrogens is 400 g/mol. The summed E-state index contributed by atoms with van der Waals surface area (Å²) in [6, 6.07) is 7.49. The molecule has 1 aromatic carbocycles. The van der Waals surface area contributed by atoms with Crippen molar-refractivity contribution in [2.75, 3.05) is 18.8 Å². The molecule has 2 N–H and O–H groups in total. The van der Waals surface area contributed by atoms with Crippen molar-refractivity contribution in [3.05, 3.63) is 48.3 Å². The van der Waals surface area contributed by atoms with Gasteiger partial charge in [0.2, 0.25) is 5.91 Å². The number of fused-ring (bicyclic) bond motifs is 1. The number of nitrogens with zero attached hydrogens (tertiary/aromatic N) is 5. The summed E-state index contributed by atoms with van der Waals surface area (Å²) in [4.78, 5) is 23.4. The number of hydrogen-bond acceptors (Lipinski definition) is 5. The molecule has 1 amide bonds. The molecule has 1 radical (unpaired) electrons. The van der Waals surface area contributed by atoms with Crippen molar-refractivity contribution in [2.45, 2.75) is 25.3 Å². The van der Waals surface area contributed by atoms with Crippen LogP contribution in [0.15, 0.2) is 36.7 Å². The highest BCUT2D eigenvalue weighted by Crippen LogP contribution is 2.42. The molecule has 2 aliphatic rings. The smallest absolute Gasteiger partial charge is 0.226 e. The van der Waals surface area contributed by atoms with Crippen LogP contribution in [0.3, 0.4) is 0 Å². The fourth-order valence-corrected chi connectivity index (χ4v) is 4.49. The number of benzene rings is 1. The van der Waals surface area contributed by atoms with Gasteiger partial charge < -0.3 is 10.6 Å². The number of nitrogen functional groups attached to an aromatic ring is 1. The summed E-state index contributed by atoms with van der Waals surface area (Å²) in [6.07, 6.45) is 5.79. The summed E-state index contributed by atoms with van der Waals surface area (Å²) in [5, 5.41) is 6.27. The Morgan fingerprint density at radius 2 is 2.07 bits per heavy atom. The van der Waals surface area contributed by atoms with Crippen molar-refractivity contribution in [1.29, 1.82) is 0 Å². The van der Waals surface area contributed by atoms with E-state index < -0.39 is 0 Å². The van der Waals surface area contributed by atoms with Gasteiger partial charge in [-0.2, -0.15) is 5.10 Å². The van der Waals surface area contributed by atoms with Crippen LogP contribution in [-0.2, 0) is 4.79 Å². The second-order valence-corrected chi connectivity index (χ2v) is 8.47.